The van der Waals surface area contributed by atoms with Gasteiger partial charge in [0.1, 0.15) is 6.67 Å². The molecular weight excluding hydrogens is 143 g/mol. The maximum Gasteiger partial charge on any atom is 0.116 e. The number of hydrogen-bond donors (Lipinski definition) is 0. The molecule has 0 aromatic rings. The first-order valence-corrected chi connectivity index (χ1v) is 4.43. The molecule has 1 saturated carbocycles. The molecule has 2 aliphatic rings. The molecule has 1 aliphatic heterocycles. The van der Waals surface area contributed by atoms with Crippen LogP contribution in [0.5, 0.6) is 0 Å². The summed E-state index contributed by atoms with van der Waals surface area (Å²) in [6, 6.07) is 0. The molecule has 0 N–H and O–H groups in total. The highest BCUT2D eigenvalue weighted by Gasteiger charge is 2.59. The fourth-order valence-corrected chi connectivity index (χ4v) is 2.61. The Labute approximate surface area is 66.9 Å². The van der Waals surface area contributed by atoms with Crippen molar-refractivity contribution in [3.63, 3.8) is 0 Å². The molecule has 1 saturated heterocycles. The summed E-state index contributed by atoms with van der Waals surface area (Å²) >= 11 is 0. The van der Waals surface area contributed by atoms with Crippen LogP contribution in [0, 0.1) is 23.7 Å². The van der Waals surface area contributed by atoms with Crippen LogP contribution in [-0.4, -0.2) is 19.4 Å². The fourth-order valence-electron chi connectivity index (χ4n) is 2.61. The summed E-state index contributed by atoms with van der Waals surface area (Å²) in [6.07, 6.45) is -0.0626. The minimum absolute atomic E-state index is 0.0626. The number of fused-ring (bicyclic) bond motifs is 1. The van der Waals surface area contributed by atoms with Gasteiger partial charge in [-0.05, 0) is 23.7 Å². The molecule has 0 spiro atoms. The molecule has 0 aromatic heterocycles. The van der Waals surface area contributed by atoms with Crippen molar-refractivity contribution in [2.75, 3.05) is 13.3 Å². The Morgan fingerprint density at radius 1 is 1.55 bits per heavy atom. The average Bonchev–Trinajstić information content (AvgIpc) is 2.55. The van der Waals surface area contributed by atoms with Crippen molar-refractivity contribution in [1.29, 1.82) is 0 Å². The Kier molecular flexibility index (Phi) is 1.67. The van der Waals surface area contributed by atoms with Crippen LogP contribution in [0.3, 0.4) is 0 Å². The van der Waals surface area contributed by atoms with Crippen LogP contribution in [0.1, 0.15) is 13.8 Å². The van der Waals surface area contributed by atoms with E-state index in [0.717, 1.165) is 12.5 Å². The van der Waals surface area contributed by atoms with E-state index in [-0.39, 0.29) is 12.8 Å². The van der Waals surface area contributed by atoms with E-state index in [4.69, 9.17) is 4.74 Å². The normalized spacial score (nSPS) is 48.0. The zero-order valence-electron chi connectivity index (χ0n) is 7.09. The van der Waals surface area contributed by atoms with E-state index in [9.17, 15) is 4.39 Å². The first kappa shape index (κ1) is 7.53. The Morgan fingerprint density at radius 2 is 2.27 bits per heavy atom. The first-order chi connectivity index (χ1) is 5.25. The van der Waals surface area contributed by atoms with Crippen molar-refractivity contribution >= 4 is 0 Å². The molecule has 1 heterocycles. The Bertz CT molecular complexity index is 158. The predicted molar refractivity (Wildman–Crippen MR) is 41.0 cm³/mol. The lowest BCUT2D eigenvalue weighted by Crippen LogP contribution is -2.17. The van der Waals surface area contributed by atoms with Crippen LogP contribution in [-0.2, 0) is 4.74 Å². The lowest BCUT2D eigenvalue weighted by atomic mass is 10.0. The second-order valence-corrected chi connectivity index (χ2v) is 4.09. The van der Waals surface area contributed by atoms with Crippen LogP contribution in [0.15, 0.2) is 0 Å². The summed E-state index contributed by atoms with van der Waals surface area (Å²) < 4.78 is 17.6. The van der Waals surface area contributed by atoms with Crippen molar-refractivity contribution in [2.24, 2.45) is 23.7 Å². The second kappa shape index (κ2) is 2.44. The van der Waals surface area contributed by atoms with Gasteiger partial charge in [-0.2, -0.15) is 0 Å². The zero-order chi connectivity index (χ0) is 8.01. The van der Waals surface area contributed by atoms with Gasteiger partial charge in [0.15, 0.2) is 0 Å². The third-order valence-corrected chi connectivity index (χ3v) is 3.15. The summed E-state index contributed by atoms with van der Waals surface area (Å²) in [4.78, 5) is 0. The fraction of sp³-hybridized carbons (Fsp3) is 1.00. The second-order valence-electron chi connectivity index (χ2n) is 4.09. The molecule has 1 aliphatic carbocycles. The maximum atomic E-state index is 12.3. The van der Waals surface area contributed by atoms with Gasteiger partial charge in [0.2, 0.25) is 0 Å². The van der Waals surface area contributed by atoms with Crippen LogP contribution >= 0.6 is 0 Å². The molecule has 2 fully saturated rings. The van der Waals surface area contributed by atoms with Crippen molar-refractivity contribution in [1.82, 2.24) is 0 Å². The Morgan fingerprint density at radius 3 is 2.73 bits per heavy atom. The predicted octanol–water partition coefficient (Wildman–Crippen LogP) is 1.87. The lowest BCUT2D eigenvalue weighted by Gasteiger charge is -2.12. The number of halogens is 1. The molecule has 0 amide bonds. The maximum absolute atomic E-state index is 12.3. The number of rotatable bonds is 2. The zero-order valence-corrected chi connectivity index (χ0v) is 7.09. The highest BCUT2D eigenvalue weighted by atomic mass is 19.1. The van der Waals surface area contributed by atoms with Gasteiger partial charge in [-0.25, -0.2) is 4.39 Å². The van der Waals surface area contributed by atoms with E-state index in [1.165, 1.54) is 0 Å². The van der Waals surface area contributed by atoms with Crippen LogP contribution in [0.4, 0.5) is 4.39 Å². The van der Waals surface area contributed by atoms with Crippen molar-refractivity contribution in [3.05, 3.63) is 0 Å². The minimum Gasteiger partial charge on any atom is -0.375 e. The molecule has 0 radical (unpaired) electrons. The summed E-state index contributed by atoms with van der Waals surface area (Å²) in [5.41, 5.74) is 0. The van der Waals surface area contributed by atoms with E-state index in [0.29, 0.717) is 17.8 Å². The molecule has 2 rings (SSSR count). The summed E-state index contributed by atoms with van der Waals surface area (Å²) in [5, 5.41) is 0. The smallest absolute Gasteiger partial charge is 0.116 e. The van der Waals surface area contributed by atoms with Gasteiger partial charge in [0.25, 0.3) is 0 Å². The Balaban J connectivity index is 1.95. The number of ether oxygens (including phenoxy) is 1. The third-order valence-electron chi connectivity index (χ3n) is 3.15. The van der Waals surface area contributed by atoms with E-state index in [2.05, 4.69) is 13.8 Å². The molecule has 4 unspecified atom stereocenters. The first-order valence-electron chi connectivity index (χ1n) is 4.43. The van der Waals surface area contributed by atoms with Gasteiger partial charge >= 0.3 is 0 Å². The topological polar surface area (TPSA) is 9.23 Å². The van der Waals surface area contributed by atoms with Gasteiger partial charge in [-0.3, -0.25) is 0 Å². The highest BCUT2D eigenvalue weighted by molar-refractivity contribution is 5.06. The molecule has 11 heavy (non-hydrogen) atoms. The molecule has 64 valence electrons. The van der Waals surface area contributed by atoms with Gasteiger partial charge in [-0.1, -0.05) is 13.8 Å². The van der Waals surface area contributed by atoms with Crippen LogP contribution < -0.4 is 0 Å². The number of alkyl halides is 1. The Hall–Kier alpha value is -0.110. The lowest BCUT2D eigenvalue weighted by molar-refractivity contribution is 0.0444. The highest BCUT2D eigenvalue weighted by Crippen LogP contribution is 2.57. The van der Waals surface area contributed by atoms with Crippen molar-refractivity contribution < 1.29 is 9.13 Å². The SMILES string of the molecule is CC(C)C1C2COC(CF)C21. The molecular formula is C9H15FO. The quantitative estimate of drug-likeness (QED) is 0.596. The van der Waals surface area contributed by atoms with Crippen LogP contribution in [0.2, 0.25) is 0 Å². The van der Waals surface area contributed by atoms with Gasteiger partial charge in [0, 0.05) is 0 Å². The average molecular weight is 158 g/mol. The van der Waals surface area contributed by atoms with E-state index < -0.39 is 0 Å². The minimum atomic E-state index is -0.287. The molecule has 4 atom stereocenters. The molecule has 1 nitrogen and oxygen atoms in total. The van der Waals surface area contributed by atoms with Gasteiger partial charge in [-0.15, -0.1) is 0 Å². The third kappa shape index (κ3) is 0.994. The summed E-state index contributed by atoms with van der Waals surface area (Å²) in [7, 11) is 0. The monoisotopic (exact) mass is 158 g/mol. The molecule has 0 bridgehead atoms. The summed E-state index contributed by atoms with van der Waals surface area (Å²) in [5.74, 6) is 2.71. The standard InChI is InChI=1S/C9H15FO/c1-5(2)8-6-4-11-7(3-10)9(6)8/h5-9H,3-4H2,1-2H3. The molecule has 2 heteroatoms. The van der Waals surface area contributed by atoms with E-state index >= 15 is 0 Å². The summed E-state index contributed by atoms with van der Waals surface area (Å²) in [6.45, 7) is 4.96. The largest absolute Gasteiger partial charge is 0.375 e. The number of hydrogen-bond acceptors (Lipinski definition) is 1. The molecule has 0 aromatic carbocycles. The van der Waals surface area contributed by atoms with Crippen molar-refractivity contribution in [3.8, 4) is 0 Å². The van der Waals surface area contributed by atoms with Gasteiger partial charge < -0.3 is 4.74 Å². The van der Waals surface area contributed by atoms with Crippen LogP contribution in [0.25, 0.3) is 0 Å². The van der Waals surface area contributed by atoms with E-state index in [1.807, 2.05) is 0 Å². The van der Waals surface area contributed by atoms with Gasteiger partial charge in [0.05, 0.1) is 12.7 Å². The van der Waals surface area contributed by atoms with E-state index in [1.54, 1.807) is 0 Å². The van der Waals surface area contributed by atoms with Crippen molar-refractivity contribution in [2.45, 2.75) is 20.0 Å².